The van der Waals surface area contributed by atoms with Crippen LogP contribution in [0.1, 0.15) is 81.7 Å². The molecule has 3 aromatic rings. The second kappa shape index (κ2) is 10.4. The first-order valence-corrected chi connectivity index (χ1v) is 12.5. The molecule has 0 spiro atoms. The summed E-state index contributed by atoms with van der Waals surface area (Å²) < 4.78 is 54.4. The number of amides is 1. The SMILES string of the molecule is CC(C)(C)C(F)(F)c1cc(-c2onc(C(CCC(=O)O)CC(=O)Nc3ccc(Cl)cc3F)c2C2CC2)no1. The Kier molecular flexibility index (Phi) is 7.60. The molecule has 12 heteroatoms. The second-order valence-corrected chi connectivity index (χ2v) is 10.9. The summed E-state index contributed by atoms with van der Waals surface area (Å²) in [5.74, 6) is -6.85. The average molecular weight is 554 g/mol. The van der Waals surface area contributed by atoms with Gasteiger partial charge in [0.05, 0.1) is 11.4 Å². The lowest BCUT2D eigenvalue weighted by molar-refractivity contribution is -0.137. The van der Waals surface area contributed by atoms with Crippen LogP contribution in [0.4, 0.5) is 18.9 Å². The van der Waals surface area contributed by atoms with Crippen LogP contribution in [0.2, 0.25) is 5.02 Å². The lowest BCUT2D eigenvalue weighted by Gasteiger charge is -2.27. The van der Waals surface area contributed by atoms with E-state index in [4.69, 9.17) is 20.6 Å². The highest BCUT2D eigenvalue weighted by Crippen LogP contribution is 2.50. The Morgan fingerprint density at radius 1 is 1.18 bits per heavy atom. The summed E-state index contributed by atoms with van der Waals surface area (Å²) in [4.78, 5) is 24.2. The van der Waals surface area contributed by atoms with E-state index in [0.29, 0.717) is 11.3 Å². The van der Waals surface area contributed by atoms with Gasteiger partial charge in [-0.15, -0.1) is 0 Å². The van der Waals surface area contributed by atoms with Crippen LogP contribution in [0.15, 0.2) is 33.3 Å². The van der Waals surface area contributed by atoms with Crippen LogP contribution in [0, 0.1) is 11.2 Å². The van der Waals surface area contributed by atoms with Gasteiger partial charge in [0.25, 0.3) is 0 Å². The number of aromatic nitrogens is 2. The minimum atomic E-state index is -3.31. The van der Waals surface area contributed by atoms with Crippen molar-refractivity contribution in [3.8, 4) is 11.5 Å². The first kappa shape index (κ1) is 27.7. The second-order valence-electron chi connectivity index (χ2n) is 10.5. The van der Waals surface area contributed by atoms with Gasteiger partial charge in [0, 0.05) is 40.8 Å². The smallest absolute Gasteiger partial charge is 0.312 e. The van der Waals surface area contributed by atoms with Crippen LogP contribution in [-0.4, -0.2) is 27.3 Å². The molecule has 1 saturated carbocycles. The normalized spacial score (nSPS) is 14.9. The van der Waals surface area contributed by atoms with Gasteiger partial charge in [0.1, 0.15) is 5.82 Å². The standard InChI is InChI=1S/C26H27ClF3N3O5/c1-25(2,3)26(29,30)19-12-18(32-37-19)24-22(13-4-5-13)23(33-38-24)14(6-9-21(35)36)10-20(34)31-17-8-7-15(27)11-16(17)28/h7-8,11-14H,4-6,9-10H2,1-3H3,(H,31,34)(H,35,36). The summed E-state index contributed by atoms with van der Waals surface area (Å²) in [6, 6.07) is 4.92. The van der Waals surface area contributed by atoms with Gasteiger partial charge in [-0.1, -0.05) is 42.7 Å². The summed E-state index contributed by atoms with van der Waals surface area (Å²) in [6.07, 6.45) is 1.12. The quantitative estimate of drug-likeness (QED) is 0.274. The Bertz CT molecular complexity index is 1340. The monoisotopic (exact) mass is 553 g/mol. The zero-order chi connectivity index (χ0) is 27.8. The number of benzene rings is 1. The van der Waals surface area contributed by atoms with Gasteiger partial charge in [0.2, 0.25) is 11.7 Å². The first-order chi connectivity index (χ1) is 17.8. The molecule has 1 atom stereocenters. The van der Waals surface area contributed by atoms with E-state index < -0.39 is 40.7 Å². The van der Waals surface area contributed by atoms with Crippen molar-refractivity contribution in [3.63, 3.8) is 0 Å². The third-order valence-corrected chi connectivity index (χ3v) is 6.70. The molecule has 1 aliphatic rings. The number of carbonyl (C=O) groups excluding carboxylic acids is 1. The Morgan fingerprint density at radius 3 is 2.50 bits per heavy atom. The molecule has 1 amide bonds. The maximum Gasteiger partial charge on any atom is 0.312 e. The number of carboxylic acids is 1. The van der Waals surface area contributed by atoms with Gasteiger partial charge < -0.3 is 19.5 Å². The molecule has 2 heterocycles. The first-order valence-electron chi connectivity index (χ1n) is 12.1. The molecule has 0 saturated heterocycles. The third kappa shape index (κ3) is 5.87. The van der Waals surface area contributed by atoms with Crippen molar-refractivity contribution in [3.05, 3.63) is 52.1 Å². The number of hydrogen-bond donors (Lipinski definition) is 2. The van der Waals surface area contributed by atoms with Crippen LogP contribution in [0.25, 0.3) is 11.5 Å². The predicted octanol–water partition coefficient (Wildman–Crippen LogP) is 7.11. The number of nitrogens with one attached hydrogen (secondary N) is 1. The van der Waals surface area contributed by atoms with Crippen LogP contribution >= 0.6 is 11.6 Å². The van der Waals surface area contributed by atoms with Crippen molar-refractivity contribution in [1.29, 1.82) is 0 Å². The van der Waals surface area contributed by atoms with Crippen molar-refractivity contribution in [2.24, 2.45) is 5.41 Å². The lowest BCUT2D eigenvalue weighted by atomic mass is 9.86. The molecule has 1 fully saturated rings. The van der Waals surface area contributed by atoms with Gasteiger partial charge in [-0.25, -0.2) is 4.39 Å². The lowest BCUT2D eigenvalue weighted by Crippen LogP contribution is -2.30. The molecular formula is C26H27ClF3N3O5. The summed E-state index contributed by atoms with van der Waals surface area (Å²) in [6.45, 7) is 4.14. The van der Waals surface area contributed by atoms with Gasteiger partial charge in [0.15, 0.2) is 11.5 Å². The van der Waals surface area contributed by atoms with Crippen molar-refractivity contribution in [1.82, 2.24) is 10.3 Å². The van der Waals surface area contributed by atoms with E-state index in [2.05, 4.69) is 15.6 Å². The topological polar surface area (TPSA) is 118 Å². The van der Waals surface area contributed by atoms with E-state index >= 15 is 0 Å². The Balaban J connectivity index is 1.64. The molecular weight excluding hydrogens is 527 g/mol. The summed E-state index contributed by atoms with van der Waals surface area (Å²) in [5.41, 5.74) is -0.523. The van der Waals surface area contributed by atoms with E-state index in [-0.39, 0.29) is 47.3 Å². The number of rotatable bonds is 10. The fourth-order valence-electron chi connectivity index (χ4n) is 4.10. The Morgan fingerprint density at radius 2 is 1.89 bits per heavy atom. The Hall–Kier alpha value is -3.34. The minimum absolute atomic E-state index is 0.0152. The molecule has 2 N–H and O–H groups in total. The maximum atomic E-state index is 14.8. The summed E-state index contributed by atoms with van der Waals surface area (Å²) in [5, 5.41) is 19.8. The zero-order valence-corrected chi connectivity index (χ0v) is 21.7. The highest BCUT2D eigenvalue weighted by atomic mass is 35.5. The van der Waals surface area contributed by atoms with Crippen molar-refractivity contribution < 1.29 is 36.9 Å². The highest BCUT2D eigenvalue weighted by Gasteiger charge is 2.49. The molecule has 1 aromatic carbocycles. The van der Waals surface area contributed by atoms with Crippen LogP contribution in [-0.2, 0) is 15.5 Å². The van der Waals surface area contributed by atoms with Crippen LogP contribution in [0.5, 0.6) is 0 Å². The molecule has 1 aliphatic carbocycles. The molecule has 2 aromatic heterocycles. The summed E-state index contributed by atoms with van der Waals surface area (Å²) >= 11 is 5.76. The number of halogens is 4. The third-order valence-electron chi connectivity index (χ3n) is 6.47. The predicted molar refractivity (Wildman–Crippen MR) is 132 cm³/mol. The molecule has 4 rings (SSSR count). The van der Waals surface area contributed by atoms with Gasteiger partial charge in [-0.2, -0.15) is 8.78 Å². The van der Waals surface area contributed by atoms with Crippen LogP contribution in [0.3, 0.4) is 0 Å². The van der Waals surface area contributed by atoms with E-state index in [9.17, 15) is 27.9 Å². The number of carboxylic acid groups (broad SMARTS) is 1. The molecule has 0 bridgehead atoms. The molecule has 8 nitrogen and oxygen atoms in total. The molecule has 0 aliphatic heterocycles. The molecule has 1 unspecified atom stereocenters. The van der Waals surface area contributed by atoms with E-state index in [1.165, 1.54) is 32.9 Å². The van der Waals surface area contributed by atoms with Gasteiger partial charge in [-0.3, -0.25) is 9.59 Å². The number of nitrogens with zero attached hydrogens (tertiary/aromatic N) is 2. The zero-order valence-electron chi connectivity index (χ0n) is 21.0. The van der Waals surface area contributed by atoms with Crippen molar-refractivity contribution in [2.45, 2.75) is 70.6 Å². The Labute approximate surface area is 221 Å². The fraction of sp³-hybridized carbons (Fsp3) is 0.462. The van der Waals surface area contributed by atoms with Gasteiger partial charge in [-0.05, 0) is 43.4 Å². The van der Waals surface area contributed by atoms with E-state index in [1.807, 2.05) is 0 Å². The number of alkyl halides is 2. The number of anilines is 1. The molecule has 38 heavy (non-hydrogen) atoms. The van der Waals surface area contributed by atoms with Crippen molar-refractivity contribution in [2.75, 3.05) is 5.32 Å². The van der Waals surface area contributed by atoms with Gasteiger partial charge >= 0.3 is 11.9 Å². The molecule has 204 valence electrons. The molecule has 0 radical (unpaired) electrons. The number of hydrogen-bond acceptors (Lipinski definition) is 6. The number of carbonyl (C=O) groups is 2. The largest absolute Gasteiger partial charge is 0.481 e. The number of aliphatic carboxylic acids is 1. The van der Waals surface area contributed by atoms with Crippen molar-refractivity contribution >= 4 is 29.2 Å². The highest BCUT2D eigenvalue weighted by molar-refractivity contribution is 6.30. The summed E-state index contributed by atoms with van der Waals surface area (Å²) in [7, 11) is 0. The fourth-order valence-corrected chi connectivity index (χ4v) is 4.26. The maximum absolute atomic E-state index is 14.8. The minimum Gasteiger partial charge on any atom is -0.481 e. The average Bonchev–Trinajstić information content (AvgIpc) is 3.35. The van der Waals surface area contributed by atoms with E-state index in [1.54, 1.807) is 0 Å². The van der Waals surface area contributed by atoms with Crippen LogP contribution < -0.4 is 5.32 Å². The van der Waals surface area contributed by atoms with E-state index in [0.717, 1.165) is 25.0 Å².